The Morgan fingerprint density at radius 1 is 0.871 bits per heavy atom. The highest BCUT2D eigenvalue weighted by atomic mass is 32.2. The number of nitrogens with one attached hydrogen (secondary N) is 1. The maximum absolute atomic E-state index is 12.4. The summed E-state index contributed by atoms with van der Waals surface area (Å²) in [5.41, 5.74) is 3.56. The highest BCUT2D eigenvalue weighted by Gasteiger charge is 2.15. The second kappa shape index (κ2) is 8.57. The molecule has 152 valence electrons. The third-order valence-corrected chi connectivity index (χ3v) is 5.78. The van der Waals surface area contributed by atoms with Crippen molar-refractivity contribution < 1.29 is 4.79 Å². The average molecular weight is 426 g/mol. The zero-order chi connectivity index (χ0) is 21.0. The highest BCUT2D eigenvalue weighted by molar-refractivity contribution is 7.99. The van der Waals surface area contributed by atoms with Gasteiger partial charge in [-0.2, -0.15) is 4.52 Å². The van der Waals surface area contributed by atoms with E-state index in [4.69, 9.17) is 15.1 Å². The monoisotopic (exact) mass is 425 g/mol. The molecule has 0 bridgehead atoms. The molecule has 0 aliphatic rings. The number of aromatic nitrogens is 4. The molecule has 0 saturated heterocycles. The normalized spacial score (nSPS) is 11.1. The minimum Gasteiger partial charge on any atom is -0.351 e. The predicted octanol–water partition coefficient (Wildman–Crippen LogP) is 4.35. The van der Waals surface area contributed by atoms with Crippen molar-refractivity contribution in [1.82, 2.24) is 24.9 Å². The number of para-hydroxylation sites is 1. The first-order chi connectivity index (χ1) is 15.3. The third kappa shape index (κ3) is 4.13. The number of hydrogen-bond acceptors (Lipinski definition) is 5. The lowest BCUT2D eigenvalue weighted by atomic mass is 10.2. The average Bonchev–Trinajstić information content (AvgIpc) is 3.28. The SMILES string of the molecule is O=C(CSc1nc2ccccc2c2nc(-c3ccccc3)nn12)NCc1ccccc1. The quantitative estimate of drug-likeness (QED) is 0.323. The fraction of sp³-hybridized carbons (Fsp3) is 0.0833. The van der Waals surface area contributed by atoms with Crippen LogP contribution in [0.2, 0.25) is 0 Å². The van der Waals surface area contributed by atoms with Crippen LogP contribution in [-0.2, 0) is 11.3 Å². The molecule has 0 aliphatic carbocycles. The maximum Gasteiger partial charge on any atom is 0.230 e. The van der Waals surface area contributed by atoms with Crippen LogP contribution in [0.3, 0.4) is 0 Å². The molecule has 5 aromatic rings. The van der Waals surface area contributed by atoms with E-state index < -0.39 is 0 Å². The first-order valence-corrected chi connectivity index (χ1v) is 10.9. The van der Waals surface area contributed by atoms with Gasteiger partial charge >= 0.3 is 0 Å². The van der Waals surface area contributed by atoms with Gasteiger partial charge in [0.1, 0.15) is 0 Å². The minimum absolute atomic E-state index is 0.0552. The van der Waals surface area contributed by atoms with Crippen LogP contribution in [0.25, 0.3) is 27.9 Å². The second-order valence-electron chi connectivity index (χ2n) is 7.00. The lowest BCUT2D eigenvalue weighted by Gasteiger charge is -2.07. The Kier molecular flexibility index (Phi) is 5.33. The number of nitrogens with zero attached hydrogens (tertiary/aromatic N) is 4. The van der Waals surface area contributed by atoms with Crippen LogP contribution in [0.4, 0.5) is 0 Å². The van der Waals surface area contributed by atoms with Crippen molar-refractivity contribution >= 4 is 34.2 Å². The van der Waals surface area contributed by atoms with Crippen LogP contribution in [-0.4, -0.2) is 31.2 Å². The van der Waals surface area contributed by atoms with Crippen LogP contribution in [0.15, 0.2) is 90.1 Å². The standard InChI is InChI=1S/C24H19N5OS/c30-21(25-15-17-9-3-1-4-10-17)16-31-24-26-20-14-8-7-13-19(20)23-27-22(28-29(23)24)18-11-5-2-6-12-18/h1-14H,15-16H2,(H,25,30). The zero-order valence-corrected chi connectivity index (χ0v) is 17.4. The zero-order valence-electron chi connectivity index (χ0n) is 16.6. The summed E-state index contributed by atoms with van der Waals surface area (Å²) in [4.78, 5) is 21.9. The smallest absolute Gasteiger partial charge is 0.230 e. The van der Waals surface area contributed by atoms with Gasteiger partial charge in [0.05, 0.1) is 11.3 Å². The van der Waals surface area contributed by atoms with Crippen molar-refractivity contribution in [2.45, 2.75) is 11.7 Å². The second-order valence-corrected chi connectivity index (χ2v) is 7.94. The lowest BCUT2D eigenvalue weighted by molar-refractivity contribution is -0.118. The molecular formula is C24H19N5OS. The number of fused-ring (bicyclic) bond motifs is 3. The summed E-state index contributed by atoms with van der Waals surface area (Å²) in [5.74, 6) is 0.822. The summed E-state index contributed by atoms with van der Waals surface area (Å²) in [5, 5.41) is 9.21. The molecule has 0 aliphatic heterocycles. The number of hydrogen-bond donors (Lipinski definition) is 1. The van der Waals surface area contributed by atoms with Gasteiger partial charge in [-0.15, -0.1) is 5.10 Å². The van der Waals surface area contributed by atoms with Gasteiger partial charge in [-0.3, -0.25) is 4.79 Å². The van der Waals surface area contributed by atoms with E-state index in [0.717, 1.165) is 27.7 Å². The molecule has 2 heterocycles. The molecule has 0 saturated carbocycles. The Morgan fingerprint density at radius 2 is 1.58 bits per heavy atom. The van der Waals surface area contributed by atoms with Crippen molar-refractivity contribution in [3.05, 3.63) is 90.5 Å². The van der Waals surface area contributed by atoms with Crippen molar-refractivity contribution in [1.29, 1.82) is 0 Å². The number of thioether (sulfide) groups is 1. The molecule has 31 heavy (non-hydrogen) atoms. The van der Waals surface area contributed by atoms with Crippen molar-refractivity contribution in [3.63, 3.8) is 0 Å². The number of benzene rings is 3. The van der Waals surface area contributed by atoms with Gasteiger partial charge in [-0.05, 0) is 17.7 Å². The molecule has 1 amide bonds. The van der Waals surface area contributed by atoms with E-state index >= 15 is 0 Å². The van der Waals surface area contributed by atoms with E-state index in [1.165, 1.54) is 11.8 Å². The molecule has 0 radical (unpaired) electrons. The van der Waals surface area contributed by atoms with Crippen molar-refractivity contribution in [2.75, 3.05) is 5.75 Å². The van der Waals surface area contributed by atoms with Crippen molar-refractivity contribution in [2.24, 2.45) is 0 Å². The summed E-state index contributed by atoms with van der Waals surface area (Å²) in [7, 11) is 0. The largest absolute Gasteiger partial charge is 0.351 e. The first kappa shape index (κ1) is 19.3. The van der Waals surface area contributed by atoms with Crippen LogP contribution < -0.4 is 5.32 Å². The van der Waals surface area contributed by atoms with Crippen molar-refractivity contribution in [3.8, 4) is 11.4 Å². The minimum atomic E-state index is -0.0552. The molecular weight excluding hydrogens is 406 g/mol. The molecule has 6 nitrogen and oxygen atoms in total. The fourth-order valence-corrected chi connectivity index (χ4v) is 4.09. The Labute approximate surface area is 183 Å². The molecule has 2 aromatic heterocycles. The molecule has 1 N–H and O–H groups in total. The maximum atomic E-state index is 12.4. The molecule has 5 rings (SSSR count). The van der Waals surface area contributed by atoms with E-state index in [0.29, 0.717) is 17.5 Å². The van der Waals surface area contributed by atoms with E-state index in [1.54, 1.807) is 4.52 Å². The Morgan fingerprint density at radius 3 is 2.39 bits per heavy atom. The molecule has 0 unspecified atom stereocenters. The van der Waals surface area contributed by atoms with Gasteiger partial charge in [0.25, 0.3) is 0 Å². The third-order valence-electron chi connectivity index (χ3n) is 4.85. The number of carbonyl (C=O) groups is 1. The fourth-order valence-electron chi connectivity index (χ4n) is 3.31. The summed E-state index contributed by atoms with van der Waals surface area (Å²) >= 11 is 1.35. The van der Waals surface area contributed by atoms with E-state index in [2.05, 4.69) is 5.32 Å². The topological polar surface area (TPSA) is 72.2 Å². The van der Waals surface area contributed by atoms with E-state index in [-0.39, 0.29) is 11.7 Å². The van der Waals surface area contributed by atoms with Crippen LogP contribution in [0.1, 0.15) is 5.56 Å². The van der Waals surface area contributed by atoms with Gasteiger partial charge in [0.2, 0.25) is 5.91 Å². The van der Waals surface area contributed by atoms with Crippen LogP contribution >= 0.6 is 11.8 Å². The van der Waals surface area contributed by atoms with Gasteiger partial charge < -0.3 is 5.32 Å². The lowest BCUT2D eigenvalue weighted by Crippen LogP contribution is -2.24. The van der Waals surface area contributed by atoms with E-state index in [9.17, 15) is 4.79 Å². The number of rotatable bonds is 6. The van der Waals surface area contributed by atoms with Gasteiger partial charge in [0.15, 0.2) is 16.6 Å². The van der Waals surface area contributed by atoms with Gasteiger partial charge in [-0.1, -0.05) is 84.6 Å². The van der Waals surface area contributed by atoms with Gasteiger partial charge in [-0.25, -0.2) is 9.97 Å². The van der Waals surface area contributed by atoms with Crippen LogP contribution in [0, 0.1) is 0 Å². The van der Waals surface area contributed by atoms with Gasteiger partial charge in [0, 0.05) is 17.5 Å². The molecule has 0 fully saturated rings. The molecule has 0 spiro atoms. The Bertz CT molecular complexity index is 1350. The Balaban J connectivity index is 1.43. The Hall–Kier alpha value is -3.71. The van der Waals surface area contributed by atoms with E-state index in [1.807, 2.05) is 84.9 Å². The number of carbonyl (C=O) groups excluding carboxylic acids is 1. The first-order valence-electron chi connectivity index (χ1n) is 9.92. The summed E-state index contributed by atoms with van der Waals surface area (Å²) in [6.07, 6.45) is 0. The molecule has 7 heteroatoms. The van der Waals surface area contributed by atoms with Crippen LogP contribution in [0.5, 0.6) is 0 Å². The highest BCUT2D eigenvalue weighted by Crippen LogP contribution is 2.26. The summed E-state index contributed by atoms with van der Waals surface area (Å²) < 4.78 is 1.74. The summed E-state index contributed by atoms with van der Waals surface area (Å²) in [6, 6.07) is 27.6. The molecule has 3 aromatic carbocycles. The summed E-state index contributed by atoms with van der Waals surface area (Å²) in [6.45, 7) is 0.502. The number of amides is 1. The predicted molar refractivity (Wildman–Crippen MR) is 123 cm³/mol. The molecule has 0 atom stereocenters.